The van der Waals surface area contributed by atoms with Crippen LogP contribution < -0.4 is 5.73 Å². The molecule has 1 aliphatic heterocycles. The number of rotatable bonds is 5. The van der Waals surface area contributed by atoms with Crippen LogP contribution in [0.25, 0.3) is 0 Å². The van der Waals surface area contributed by atoms with Gasteiger partial charge in [-0.05, 0) is 45.3 Å². The third kappa shape index (κ3) is 3.18. The molecule has 0 spiro atoms. The van der Waals surface area contributed by atoms with Crippen LogP contribution in [-0.2, 0) is 13.5 Å². The largest absolute Gasteiger partial charge is 0.326 e. The molecule has 108 valence electrons. The van der Waals surface area contributed by atoms with Crippen molar-refractivity contribution in [3.05, 3.63) is 18.0 Å². The van der Waals surface area contributed by atoms with Crippen LogP contribution in [-0.4, -0.2) is 39.4 Å². The van der Waals surface area contributed by atoms with Gasteiger partial charge in [0, 0.05) is 31.2 Å². The fraction of sp³-hybridized carbons (Fsp3) is 0.800. The van der Waals surface area contributed by atoms with Crippen LogP contribution in [0.1, 0.15) is 45.2 Å². The van der Waals surface area contributed by atoms with E-state index >= 15 is 0 Å². The molecule has 0 radical (unpaired) electrons. The summed E-state index contributed by atoms with van der Waals surface area (Å²) in [6, 6.07) is 2.22. The number of hydrogen-bond acceptors (Lipinski definition) is 3. The van der Waals surface area contributed by atoms with Crippen LogP contribution in [0.5, 0.6) is 0 Å². The van der Waals surface area contributed by atoms with Gasteiger partial charge in [-0.25, -0.2) is 0 Å². The van der Waals surface area contributed by atoms with Gasteiger partial charge in [0.25, 0.3) is 0 Å². The fourth-order valence-electron chi connectivity index (χ4n) is 3.14. The first-order valence-electron chi connectivity index (χ1n) is 7.55. The summed E-state index contributed by atoms with van der Waals surface area (Å²) >= 11 is 0. The average Bonchev–Trinajstić information content (AvgIpc) is 2.84. The van der Waals surface area contributed by atoms with E-state index in [-0.39, 0.29) is 11.6 Å². The molecular formula is C15H28N4. The summed E-state index contributed by atoms with van der Waals surface area (Å²) in [7, 11) is 1.96. The lowest BCUT2D eigenvalue weighted by molar-refractivity contribution is 0.0543. The van der Waals surface area contributed by atoms with Gasteiger partial charge in [0.1, 0.15) is 0 Å². The van der Waals surface area contributed by atoms with Crippen molar-refractivity contribution in [3.8, 4) is 0 Å². The van der Waals surface area contributed by atoms with Crippen molar-refractivity contribution in [2.24, 2.45) is 12.8 Å². The van der Waals surface area contributed by atoms with Crippen LogP contribution in [0.15, 0.2) is 12.3 Å². The van der Waals surface area contributed by atoms with Crippen molar-refractivity contribution in [3.63, 3.8) is 0 Å². The SMILES string of the molecule is CCC(C)(C(N)Cc1ccn(C)n1)N1CCCCC1. The van der Waals surface area contributed by atoms with Crippen molar-refractivity contribution in [2.45, 2.75) is 57.5 Å². The van der Waals surface area contributed by atoms with Crippen molar-refractivity contribution in [1.82, 2.24) is 14.7 Å². The quantitative estimate of drug-likeness (QED) is 0.884. The number of nitrogens with zero attached hydrogens (tertiary/aromatic N) is 3. The molecular weight excluding hydrogens is 236 g/mol. The summed E-state index contributed by atoms with van der Waals surface area (Å²) in [6.07, 6.45) is 7.94. The summed E-state index contributed by atoms with van der Waals surface area (Å²) in [4.78, 5) is 2.60. The van der Waals surface area contributed by atoms with E-state index in [0.717, 1.165) is 18.5 Å². The smallest absolute Gasteiger partial charge is 0.0640 e. The topological polar surface area (TPSA) is 47.1 Å². The van der Waals surface area contributed by atoms with Gasteiger partial charge in [0.15, 0.2) is 0 Å². The molecule has 4 nitrogen and oxygen atoms in total. The highest BCUT2D eigenvalue weighted by atomic mass is 15.3. The van der Waals surface area contributed by atoms with E-state index in [9.17, 15) is 0 Å². The van der Waals surface area contributed by atoms with E-state index in [1.165, 1.54) is 32.4 Å². The number of aromatic nitrogens is 2. The van der Waals surface area contributed by atoms with Crippen molar-refractivity contribution < 1.29 is 0 Å². The van der Waals surface area contributed by atoms with Gasteiger partial charge in [-0.15, -0.1) is 0 Å². The minimum atomic E-state index is 0.0952. The van der Waals surface area contributed by atoms with Crippen LogP contribution in [0.3, 0.4) is 0 Å². The zero-order valence-corrected chi connectivity index (χ0v) is 12.6. The minimum absolute atomic E-state index is 0.0952. The maximum atomic E-state index is 6.54. The first-order valence-corrected chi connectivity index (χ1v) is 7.55. The van der Waals surface area contributed by atoms with E-state index in [1.807, 2.05) is 17.9 Å². The number of nitrogens with two attached hydrogens (primary N) is 1. The van der Waals surface area contributed by atoms with Gasteiger partial charge in [-0.2, -0.15) is 5.10 Å². The zero-order valence-electron chi connectivity index (χ0n) is 12.6. The van der Waals surface area contributed by atoms with Gasteiger partial charge < -0.3 is 5.73 Å². The second-order valence-corrected chi connectivity index (χ2v) is 6.05. The molecule has 1 saturated heterocycles. The number of piperidine rings is 1. The van der Waals surface area contributed by atoms with Crippen LogP contribution in [0.4, 0.5) is 0 Å². The predicted octanol–water partition coefficient (Wildman–Crippen LogP) is 1.94. The maximum Gasteiger partial charge on any atom is 0.0640 e. The average molecular weight is 264 g/mol. The number of likely N-dealkylation sites (tertiary alicyclic amines) is 1. The molecule has 0 bridgehead atoms. The molecule has 1 aromatic rings. The molecule has 2 heterocycles. The Bertz CT molecular complexity index is 395. The number of aryl methyl sites for hydroxylation is 1. The molecule has 0 aliphatic carbocycles. The molecule has 19 heavy (non-hydrogen) atoms. The molecule has 2 atom stereocenters. The summed E-state index contributed by atoms with van der Waals surface area (Å²) < 4.78 is 1.85. The first-order chi connectivity index (χ1) is 9.06. The monoisotopic (exact) mass is 264 g/mol. The minimum Gasteiger partial charge on any atom is -0.326 e. The molecule has 0 amide bonds. The molecule has 2 N–H and O–H groups in total. The molecule has 1 fully saturated rings. The Morgan fingerprint density at radius 1 is 1.37 bits per heavy atom. The second kappa shape index (κ2) is 6.06. The van der Waals surface area contributed by atoms with Gasteiger partial charge in [0.05, 0.1) is 5.69 Å². The molecule has 0 aromatic carbocycles. The Balaban J connectivity index is 2.06. The highest BCUT2D eigenvalue weighted by Gasteiger charge is 2.36. The Morgan fingerprint density at radius 2 is 2.05 bits per heavy atom. The van der Waals surface area contributed by atoms with Crippen molar-refractivity contribution >= 4 is 0 Å². The summed E-state index contributed by atoms with van der Waals surface area (Å²) in [5.41, 5.74) is 7.74. The highest BCUT2D eigenvalue weighted by Crippen LogP contribution is 2.27. The van der Waals surface area contributed by atoms with Gasteiger partial charge in [-0.1, -0.05) is 13.3 Å². The second-order valence-electron chi connectivity index (χ2n) is 6.05. The van der Waals surface area contributed by atoms with Crippen molar-refractivity contribution in [1.29, 1.82) is 0 Å². The third-order valence-electron chi connectivity index (χ3n) is 4.79. The number of hydrogen-bond donors (Lipinski definition) is 1. The van der Waals surface area contributed by atoms with Crippen LogP contribution in [0.2, 0.25) is 0 Å². The van der Waals surface area contributed by atoms with Crippen molar-refractivity contribution in [2.75, 3.05) is 13.1 Å². The standard InChI is InChI=1S/C15H28N4/c1-4-15(2,19-9-6-5-7-10-19)14(16)12-13-8-11-18(3)17-13/h8,11,14H,4-7,9-10,12,16H2,1-3H3. The predicted molar refractivity (Wildman–Crippen MR) is 79.0 cm³/mol. The van der Waals surface area contributed by atoms with E-state index in [2.05, 4.69) is 29.9 Å². The zero-order chi connectivity index (χ0) is 13.9. The van der Waals surface area contributed by atoms with Gasteiger partial charge in [0.2, 0.25) is 0 Å². The summed E-state index contributed by atoms with van der Waals surface area (Å²) in [5, 5.41) is 4.46. The third-order valence-corrected chi connectivity index (χ3v) is 4.79. The summed E-state index contributed by atoms with van der Waals surface area (Å²) in [6.45, 7) is 6.97. The lowest BCUT2D eigenvalue weighted by Crippen LogP contribution is -2.59. The first kappa shape index (κ1) is 14.5. The lowest BCUT2D eigenvalue weighted by Gasteiger charge is -2.46. The van der Waals surface area contributed by atoms with Crippen LogP contribution in [0, 0.1) is 0 Å². The molecule has 1 aromatic heterocycles. The Kier molecular flexibility index (Phi) is 4.63. The Morgan fingerprint density at radius 3 is 2.58 bits per heavy atom. The molecule has 2 rings (SSSR count). The molecule has 1 aliphatic rings. The van der Waals surface area contributed by atoms with E-state index < -0.39 is 0 Å². The molecule has 2 unspecified atom stereocenters. The van der Waals surface area contributed by atoms with Gasteiger partial charge >= 0.3 is 0 Å². The molecule has 4 heteroatoms. The normalized spacial score (nSPS) is 22.1. The van der Waals surface area contributed by atoms with Crippen LogP contribution >= 0.6 is 0 Å². The summed E-state index contributed by atoms with van der Waals surface area (Å²) in [5.74, 6) is 0. The fourth-order valence-corrected chi connectivity index (χ4v) is 3.14. The maximum absolute atomic E-state index is 6.54. The lowest BCUT2D eigenvalue weighted by atomic mass is 9.84. The van der Waals surface area contributed by atoms with Gasteiger partial charge in [-0.3, -0.25) is 9.58 Å². The Labute approximate surface area is 117 Å². The Hall–Kier alpha value is -0.870. The molecule has 0 saturated carbocycles. The van der Waals surface area contributed by atoms with E-state index in [4.69, 9.17) is 5.73 Å². The van der Waals surface area contributed by atoms with E-state index in [0.29, 0.717) is 0 Å². The van der Waals surface area contributed by atoms with E-state index in [1.54, 1.807) is 0 Å². The highest BCUT2D eigenvalue weighted by molar-refractivity contribution is 5.06.